The molecule has 0 heterocycles. The molecule has 0 atom stereocenters. The van der Waals surface area contributed by atoms with Crippen LogP contribution in [0.5, 0.6) is 11.5 Å². The Balaban J connectivity index is 0.000000616. The van der Waals surface area contributed by atoms with E-state index in [1.54, 1.807) is 38.5 Å². The van der Waals surface area contributed by atoms with E-state index in [4.69, 9.17) is 24.6 Å². The van der Waals surface area contributed by atoms with Crippen molar-refractivity contribution in [1.82, 2.24) is 0 Å². The second kappa shape index (κ2) is 25.8. The Hall–Kier alpha value is -0.0861. The van der Waals surface area contributed by atoms with Crippen molar-refractivity contribution in [1.29, 1.82) is 0 Å². The first-order chi connectivity index (χ1) is 22.3. The van der Waals surface area contributed by atoms with Gasteiger partial charge in [0.05, 0.1) is 19.8 Å². The summed E-state index contributed by atoms with van der Waals surface area (Å²) in [5, 5.41) is 22.0. The molecule has 0 amide bonds. The molecule has 2 aliphatic rings. The van der Waals surface area contributed by atoms with Gasteiger partial charge in [-0.1, -0.05) is 78.9 Å². The average molecular weight is 1060 g/mol. The first-order valence-corrected chi connectivity index (χ1v) is 16.0. The summed E-state index contributed by atoms with van der Waals surface area (Å²) in [5.74, 6) is 2.53. The second-order valence-corrected chi connectivity index (χ2v) is 11.9. The topological polar surface area (TPSA) is 105 Å². The maximum absolute atomic E-state index is 10.4. The van der Waals surface area contributed by atoms with Crippen LogP contribution in [0.15, 0.2) is 132 Å². The van der Waals surface area contributed by atoms with Crippen LogP contribution in [0.4, 0.5) is 0 Å². The zero-order chi connectivity index (χ0) is 33.3. The molecule has 11 heteroatoms. The fourth-order valence-corrected chi connectivity index (χ4v) is 5.46. The molecule has 5 aromatic rings. The normalized spacial score (nSPS) is 14.0. The second-order valence-electron chi connectivity index (χ2n) is 9.84. The quantitative estimate of drug-likeness (QED) is 0.0739. The van der Waals surface area contributed by atoms with Gasteiger partial charge >= 0.3 is 144 Å². The van der Waals surface area contributed by atoms with Gasteiger partial charge in [0.1, 0.15) is 11.5 Å². The summed E-state index contributed by atoms with van der Waals surface area (Å²) in [6.45, 7) is -0.181. The molecule has 48 heavy (non-hydrogen) atoms. The summed E-state index contributed by atoms with van der Waals surface area (Å²) in [5.41, 5.74) is 0.294. The molecule has 0 spiro atoms. The summed E-state index contributed by atoms with van der Waals surface area (Å²) in [4.78, 5) is 21.6. The van der Waals surface area contributed by atoms with Crippen LogP contribution < -0.4 is 153 Å². The SMILES string of the molecule is C1=CC2C=CC1C2.COc1ccc(I)cc1.COc1ccc2ccc3ccccc3c2c1.O=C(O)c1ccccc1Br.O=CO[O-].[Cs+].[Cs+].[H-]. The Labute approximate surface area is 422 Å². The van der Waals surface area contributed by atoms with Gasteiger partial charge in [0, 0.05) is 8.04 Å². The van der Waals surface area contributed by atoms with Crippen molar-refractivity contribution in [2.45, 2.75) is 6.42 Å². The number of methoxy groups -OCH3 is 2. The minimum Gasteiger partial charge on any atom is -1.00 e. The van der Waals surface area contributed by atoms with E-state index in [9.17, 15) is 4.79 Å². The average Bonchev–Trinajstić information content (AvgIpc) is 3.76. The van der Waals surface area contributed by atoms with Crippen molar-refractivity contribution in [3.05, 3.63) is 141 Å². The predicted molar refractivity (Wildman–Crippen MR) is 193 cm³/mol. The molecule has 1 N–H and O–H groups in total. The zero-order valence-electron chi connectivity index (χ0n) is 28.2. The molecule has 0 aliphatic heterocycles. The molecule has 240 valence electrons. The molecule has 5 aromatic carbocycles. The number of allylic oxidation sites excluding steroid dienone is 4. The standard InChI is InChI=1S/C15H12O.C7H5BrO2.C7H7IO.C7H8.CH2O3.2Cs.H/c1-16-13-9-8-12-7-6-11-4-2-3-5-14(11)15(12)10-13;8-6-4-2-1-3-5(6)7(9)10;1-9-7-4-2-6(8)3-5-7;1-2-7-4-3-6(1)5-7;2-1-4-3;;;/h2-10H,1H3;1-4H,(H,9,10);2-5H,1H3;1-4,6-7H,5H2;1,3H;;;/q;;;;;2*+1;-1/p-1. The van der Waals surface area contributed by atoms with Crippen molar-refractivity contribution in [3.8, 4) is 11.5 Å². The molecule has 2 bridgehead atoms. The Morgan fingerprint density at radius 2 is 1.27 bits per heavy atom. The third kappa shape index (κ3) is 15.7. The van der Waals surface area contributed by atoms with E-state index >= 15 is 0 Å². The van der Waals surface area contributed by atoms with Crippen LogP contribution >= 0.6 is 38.5 Å². The van der Waals surface area contributed by atoms with Crippen molar-refractivity contribution in [2.24, 2.45) is 11.8 Å². The Morgan fingerprint density at radius 3 is 1.73 bits per heavy atom. The minimum atomic E-state index is -0.910. The Bertz CT molecular complexity index is 1760. The number of hydrogen-bond donors (Lipinski definition) is 1. The largest absolute Gasteiger partial charge is 1.00 e. The van der Waals surface area contributed by atoms with Gasteiger partial charge in [-0.25, -0.2) is 4.79 Å². The van der Waals surface area contributed by atoms with Crippen molar-refractivity contribution in [3.63, 3.8) is 0 Å². The zero-order valence-corrected chi connectivity index (χ0v) is 43.5. The van der Waals surface area contributed by atoms with E-state index in [1.807, 2.05) is 30.3 Å². The molecule has 7 rings (SSSR count). The van der Waals surface area contributed by atoms with E-state index in [0.29, 0.717) is 10.0 Å². The summed E-state index contributed by atoms with van der Waals surface area (Å²) in [7, 11) is 3.37. The van der Waals surface area contributed by atoms with Gasteiger partial charge in [-0.15, -0.1) is 0 Å². The first kappa shape index (κ1) is 45.9. The van der Waals surface area contributed by atoms with Crippen LogP contribution in [-0.2, 0) is 9.68 Å². The number of carbonyl (C=O) groups excluding carboxylic acids is 1. The summed E-state index contributed by atoms with van der Waals surface area (Å²) in [6, 6.07) is 33.5. The number of carbonyl (C=O) groups is 2. The number of benzene rings is 5. The van der Waals surface area contributed by atoms with Crippen molar-refractivity contribution >= 4 is 72.5 Å². The van der Waals surface area contributed by atoms with Gasteiger partial charge in [0.2, 0.25) is 0 Å². The third-order valence-corrected chi connectivity index (χ3v) is 8.31. The third-order valence-electron chi connectivity index (χ3n) is 6.90. The van der Waals surface area contributed by atoms with Crippen LogP contribution in [0, 0.1) is 15.4 Å². The monoisotopic (exact) mass is 1060 g/mol. The molecule has 2 aliphatic carbocycles. The molecule has 0 saturated heterocycles. The van der Waals surface area contributed by atoms with E-state index in [1.165, 1.54) is 31.5 Å². The molecular weight excluding hydrogens is 1030 g/mol. The number of hydrogen-bond acceptors (Lipinski definition) is 6. The first-order valence-electron chi connectivity index (χ1n) is 14.1. The minimum absolute atomic E-state index is 0. The Kier molecular flexibility index (Phi) is 24.7. The molecule has 0 radical (unpaired) electrons. The van der Waals surface area contributed by atoms with Crippen molar-refractivity contribution in [2.75, 3.05) is 14.2 Å². The van der Waals surface area contributed by atoms with Crippen LogP contribution in [0.2, 0.25) is 0 Å². The number of carboxylic acid groups (broad SMARTS) is 1. The maximum Gasteiger partial charge on any atom is 1.00 e. The van der Waals surface area contributed by atoms with E-state index in [2.05, 4.69) is 116 Å². The fourth-order valence-electron chi connectivity index (χ4n) is 4.64. The fraction of sp³-hybridized carbons (Fsp3) is 0.135. The summed E-state index contributed by atoms with van der Waals surface area (Å²) >= 11 is 5.37. The van der Waals surface area contributed by atoms with Crippen molar-refractivity contribution < 1.29 is 174 Å². The molecule has 7 nitrogen and oxygen atoms in total. The Morgan fingerprint density at radius 1 is 0.792 bits per heavy atom. The molecule has 0 saturated carbocycles. The number of halogens is 2. The van der Waals surface area contributed by atoms with E-state index in [0.717, 1.165) is 23.3 Å². The smallest absolute Gasteiger partial charge is 1.00 e. The predicted octanol–water partition coefficient (Wildman–Crippen LogP) is 2.75. The van der Waals surface area contributed by atoms with Crippen LogP contribution in [0.3, 0.4) is 0 Å². The van der Waals surface area contributed by atoms with E-state index < -0.39 is 5.97 Å². The van der Waals surface area contributed by atoms with Crippen LogP contribution in [0.1, 0.15) is 18.2 Å². The summed E-state index contributed by atoms with van der Waals surface area (Å²) in [6.07, 6.45) is 10.5. The number of carboxylic acids is 1. The number of aromatic carboxylic acids is 1. The van der Waals surface area contributed by atoms with Gasteiger partial charge < -0.3 is 26.2 Å². The molecule has 0 aromatic heterocycles. The van der Waals surface area contributed by atoms with E-state index in [-0.39, 0.29) is 146 Å². The van der Waals surface area contributed by atoms with Crippen LogP contribution in [-0.4, -0.2) is 31.8 Å². The van der Waals surface area contributed by atoms with Gasteiger partial charge in [-0.3, -0.25) is 4.79 Å². The van der Waals surface area contributed by atoms with Gasteiger partial charge in [-0.2, -0.15) is 0 Å². The maximum atomic E-state index is 10.4. The van der Waals surface area contributed by atoms with Gasteiger partial charge in [0.15, 0.2) is 0 Å². The van der Waals surface area contributed by atoms with Gasteiger partial charge in [-0.05, 0) is 127 Å². The number of fused-ring (bicyclic) bond motifs is 5. The summed E-state index contributed by atoms with van der Waals surface area (Å²) < 4.78 is 12.1. The molecule has 0 unspecified atom stereocenters. The van der Waals surface area contributed by atoms with Gasteiger partial charge in [0.25, 0.3) is 6.47 Å². The molecular formula is C37H34BrCs2IO7. The van der Waals surface area contributed by atoms with Crippen LogP contribution in [0.25, 0.3) is 21.5 Å². The number of rotatable bonds is 4. The number of ether oxygens (including phenoxy) is 2. The molecule has 0 fully saturated rings.